The Balaban J connectivity index is 1.09. The van der Waals surface area contributed by atoms with Crippen molar-refractivity contribution >= 4 is 21.9 Å². The monoisotopic (exact) mass is 730 g/mol. The summed E-state index contributed by atoms with van der Waals surface area (Å²) in [6.07, 6.45) is 2.01. The summed E-state index contributed by atoms with van der Waals surface area (Å²) in [6, 6.07) is 70.7. The lowest BCUT2D eigenvalue weighted by molar-refractivity contribution is 0.647. The van der Waals surface area contributed by atoms with E-state index in [1.165, 1.54) is 83.1 Å². The molecule has 57 heavy (non-hydrogen) atoms. The van der Waals surface area contributed by atoms with E-state index in [1.54, 1.807) is 0 Å². The minimum atomic E-state index is -0.444. The fraction of sp³-hybridized carbons (Fsp3) is 0.143. The average Bonchev–Trinajstić information content (AvgIpc) is 3.63. The molecule has 272 valence electrons. The molecule has 1 saturated carbocycles. The molecular weight excluding hydrogens is 689 g/mol. The van der Waals surface area contributed by atoms with Crippen LogP contribution < -0.4 is 0 Å². The van der Waals surface area contributed by atoms with Gasteiger partial charge in [-0.2, -0.15) is 0 Å². The second-order valence-corrected chi connectivity index (χ2v) is 17.2. The molecule has 0 spiro atoms. The summed E-state index contributed by atoms with van der Waals surface area (Å²) in [5, 5.41) is 2.45. The lowest BCUT2D eigenvalue weighted by atomic mass is 9.67. The Kier molecular flexibility index (Phi) is 6.78. The first-order valence-corrected chi connectivity index (χ1v) is 20.5. The van der Waals surface area contributed by atoms with E-state index in [0.29, 0.717) is 5.92 Å². The van der Waals surface area contributed by atoms with Crippen molar-refractivity contribution in [2.45, 2.75) is 48.9 Å². The number of rotatable bonds is 6. The van der Waals surface area contributed by atoms with E-state index in [2.05, 4.69) is 202 Å². The van der Waals surface area contributed by atoms with Crippen molar-refractivity contribution in [2.75, 3.05) is 0 Å². The minimum absolute atomic E-state index is 0.0505. The van der Waals surface area contributed by atoms with Gasteiger partial charge in [-0.1, -0.05) is 190 Å². The third kappa shape index (κ3) is 4.46. The first-order valence-electron chi connectivity index (χ1n) is 20.5. The highest BCUT2D eigenvalue weighted by atomic mass is 16.3. The predicted octanol–water partition coefficient (Wildman–Crippen LogP) is 13.9. The lowest BCUT2D eigenvalue weighted by Crippen LogP contribution is -2.29. The summed E-state index contributed by atoms with van der Waals surface area (Å²) in [7, 11) is 0. The maximum Gasteiger partial charge on any atom is 0.135 e. The Labute approximate surface area is 334 Å². The summed E-state index contributed by atoms with van der Waals surface area (Å²) in [4.78, 5) is 0. The second kappa shape index (κ2) is 11.8. The summed E-state index contributed by atoms with van der Waals surface area (Å²) in [5.74, 6) is 0.361. The van der Waals surface area contributed by atoms with Gasteiger partial charge in [-0.25, -0.2) is 0 Å². The second-order valence-electron chi connectivity index (χ2n) is 17.2. The topological polar surface area (TPSA) is 13.1 Å². The Morgan fingerprint density at radius 2 is 1.07 bits per heavy atom. The predicted molar refractivity (Wildman–Crippen MR) is 234 cm³/mol. The van der Waals surface area contributed by atoms with Crippen molar-refractivity contribution in [1.29, 1.82) is 0 Å². The van der Waals surface area contributed by atoms with Gasteiger partial charge >= 0.3 is 0 Å². The molecule has 1 aromatic heterocycles. The normalized spacial score (nSPS) is 19.2. The highest BCUT2D eigenvalue weighted by Gasteiger charge is 2.57. The quantitative estimate of drug-likeness (QED) is 0.166. The summed E-state index contributed by atoms with van der Waals surface area (Å²) in [5.41, 5.74) is 19.1. The summed E-state index contributed by atoms with van der Waals surface area (Å²) >= 11 is 0. The van der Waals surface area contributed by atoms with E-state index in [0.717, 1.165) is 24.0 Å². The summed E-state index contributed by atoms with van der Waals surface area (Å²) in [6.45, 7) is 4.80. The van der Waals surface area contributed by atoms with Crippen LogP contribution in [0.3, 0.4) is 0 Å². The smallest absolute Gasteiger partial charge is 0.135 e. The molecule has 0 saturated heterocycles. The molecule has 3 aliphatic carbocycles. The van der Waals surface area contributed by atoms with Gasteiger partial charge in [0.1, 0.15) is 11.2 Å². The van der Waals surface area contributed by atoms with Gasteiger partial charge in [0.25, 0.3) is 0 Å². The van der Waals surface area contributed by atoms with Crippen molar-refractivity contribution in [3.8, 4) is 22.3 Å². The molecule has 1 fully saturated rings. The maximum absolute atomic E-state index is 6.47. The van der Waals surface area contributed by atoms with Gasteiger partial charge < -0.3 is 4.42 Å². The van der Waals surface area contributed by atoms with Crippen molar-refractivity contribution in [3.63, 3.8) is 0 Å². The van der Waals surface area contributed by atoms with Gasteiger partial charge in [0.05, 0.1) is 5.41 Å². The van der Waals surface area contributed by atoms with Crippen molar-refractivity contribution in [3.05, 3.63) is 238 Å². The largest absolute Gasteiger partial charge is 0.456 e. The van der Waals surface area contributed by atoms with E-state index in [-0.39, 0.29) is 10.8 Å². The number of hydrogen-bond acceptors (Lipinski definition) is 1. The van der Waals surface area contributed by atoms with Crippen molar-refractivity contribution < 1.29 is 4.42 Å². The molecular formula is C56H42O. The molecule has 0 amide bonds. The molecule has 1 heteroatoms. The van der Waals surface area contributed by atoms with Crippen molar-refractivity contribution in [2.24, 2.45) is 0 Å². The third-order valence-electron chi connectivity index (χ3n) is 14.1. The van der Waals surface area contributed by atoms with Crippen molar-refractivity contribution in [1.82, 2.24) is 0 Å². The molecule has 3 aliphatic rings. The van der Waals surface area contributed by atoms with Gasteiger partial charge in [0.15, 0.2) is 0 Å². The Bertz CT molecular complexity index is 3020. The number of benzene rings is 8. The Morgan fingerprint density at radius 1 is 0.474 bits per heavy atom. The Morgan fingerprint density at radius 3 is 1.84 bits per heavy atom. The highest BCUT2D eigenvalue weighted by Crippen LogP contribution is 2.65. The van der Waals surface area contributed by atoms with Crippen LogP contribution in [0.5, 0.6) is 0 Å². The lowest BCUT2D eigenvalue weighted by Gasteiger charge is -2.34. The molecule has 0 radical (unpaired) electrons. The van der Waals surface area contributed by atoms with Crippen LogP contribution in [0, 0.1) is 0 Å². The molecule has 2 unspecified atom stereocenters. The van der Waals surface area contributed by atoms with Crippen LogP contribution >= 0.6 is 0 Å². The van der Waals surface area contributed by atoms with Gasteiger partial charge in [-0.05, 0) is 103 Å². The molecule has 1 nitrogen and oxygen atoms in total. The average molecular weight is 731 g/mol. The van der Waals surface area contributed by atoms with Gasteiger partial charge in [0, 0.05) is 21.6 Å². The van der Waals surface area contributed by atoms with E-state index in [1.807, 2.05) is 0 Å². The van der Waals surface area contributed by atoms with E-state index in [9.17, 15) is 0 Å². The molecule has 12 rings (SSSR count). The van der Waals surface area contributed by atoms with E-state index in [4.69, 9.17) is 4.42 Å². The van der Waals surface area contributed by atoms with Gasteiger partial charge in [-0.3, -0.25) is 0 Å². The summed E-state index contributed by atoms with van der Waals surface area (Å²) < 4.78 is 6.47. The van der Waals surface area contributed by atoms with Crippen LogP contribution in [0.4, 0.5) is 0 Å². The molecule has 2 atom stereocenters. The minimum Gasteiger partial charge on any atom is -0.456 e. The number of hydrogen-bond donors (Lipinski definition) is 0. The fourth-order valence-corrected chi connectivity index (χ4v) is 11.4. The van der Waals surface area contributed by atoms with Crippen LogP contribution in [-0.2, 0) is 22.7 Å². The zero-order chi connectivity index (χ0) is 37.9. The number of fused-ring (bicyclic) bond motifs is 9. The van der Waals surface area contributed by atoms with Crippen LogP contribution in [0.1, 0.15) is 76.3 Å². The van der Waals surface area contributed by atoms with E-state index < -0.39 is 5.41 Å². The molecule has 0 aliphatic heterocycles. The maximum atomic E-state index is 6.47. The first-order chi connectivity index (χ1) is 28.0. The molecule has 1 heterocycles. The standard InChI is InChI=1S/C56H42O/c1-54(2)46-24-12-9-21-41(46)43-30-28-36(32-48(43)54)50-35-55(50,34-37-16-15-27-52-53(37)45-23-11-14-26-51(45)57-52)40-29-31-44-42-22-10-13-25-47(42)56(49(44)33-40,38-17-5-3-6-18-38)39-19-7-4-8-20-39/h3-33,50H,34-35H2,1-2H3. The van der Waals surface area contributed by atoms with E-state index >= 15 is 0 Å². The molecule has 9 aromatic rings. The first kappa shape index (κ1) is 32.8. The van der Waals surface area contributed by atoms with Crippen LogP contribution in [0.2, 0.25) is 0 Å². The number of furan rings is 1. The Hall–Kier alpha value is -6.44. The van der Waals surface area contributed by atoms with Crippen LogP contribution in [0.15, 0.2) is 192 Å². The van der Waals surface area contributed by atoms with Gasteiger partial charge in [0.2, 0.25) is 0 Å². The zero-order valence-corrected chi connectivity index (χ0v) is 32.3. The SMILES string of the molecule is CC1(C)c2ccccc2-c2ccc(C3CC3(Cc3cccc4oc5ccccc5c34)c3ccc4c(c3)C(c3ccccc3)(c3ccccc3)c3ccccc3-4)cc21. The molecule has 0 bridgehead atoms. The third-order valence-corrected chi connectivity index (χ3v) is 14.1. The molecule has 8 aromatic carbocycles. The fourth-order valence-electron chi connectivity index (χ4n) is 11.4. The number of para-hydroxylation sites is 1. The zero-order valence-electron chi connectivity index (χ0n) is 32.3. The van der Waals surface area contributed by atoms with Crippen LogP contribution in [0.25, 0.3) is 44.2 Å². The van der Waals surface area contributed by atoms with Gasteiger partial charge in [-0.15, -0.1) is 0 Å². The molecule has 0 N–H and O–H groups in total. The van der Waals surface area contributed by atoms with Crippen LogP contribution in [-0.4, -0.2) is 0 Å². The highest BCUT2D eigenvalue weighted by molar-refractivity contribution is 6.06.